The first kappa shape index (κ1) is 18.3. The number of carbonyl (C=O) groups is 2. The van der Waals surface area contributed by atoms with E-state index in [0.717, 1.165) is 46.0 Å². The lowest BCUT2D eigenvalue weighted by molar-refractivity contribution is 0.0526. The summed E-state index contributed by atoms with van der Waals surface area (Å²) in [6, 6.07) is 7.26. The van der Waals surface area contributed by atoms with Crippen molar-refractivity contribution >= 4 is 55.1 Å². The number of esters is 1. The van der Waals surface area contributed by atoms with Gasteiger partial charge in [0.2, 0.25) is 0 Å². The highest BCUT2D eigenvalue weighted by Gasteiger charge is 2.28. The Hall–Kier alpha value is -2.12. The summed E-state index contributed by atoms with van der Waals surface area (Å²) in [6.45, 7) is 2.08. The van der Waals surface area contributed by atoms with Gasteiger partial charge in [-0.05, 0) is 62.4 Å². The van der Waals surface area contributed by atoms with Crippen molar-refractivity contribution in [2.24, 2.45) is 0 Å². The number of anilines is 1. The minimum atomic E-state index is -0.374. The van der Waals surface area contributed by atoms with Gasteiger partial charge in [-0.1, -0.05) is 15.9 Å². The maximum Gasteiger partial charge on any atom is 0.341 e. The van der Waals surface area contributed by atoms with Crippen LogP contribution in [-0.4, -0.2) is 18.5 Å². The van der Waals surface area contributed by atoms with Gasteiger partial charge in [0.1, 0.15) is 10.6 Å². The number of nitrogens with one attached hydrogen (secondary N) is 1. The number of fused-ring (bicyclic) bond motifs is 2. The Balaban J connectivity index is 1.67. The molecule has 0 bridgehead atoms. The van der Waals surface area contributed by atoms with Crippen LogP contribution in [0, 0.1) is 0 Å². The van der Waals surface area contributed by atoms with Crippen LogP contribution in [0.25, 0.3) is 11.0 Å². The number of amides is 1. The minimum absolute atomic E-state index is 0.212. The molecule has 1 aliphatic carbocycles. The van der Waals surface area contributed by atoms with Gasteiger partial charge < -0.3 is 14.5 Å². The molecule has 5 nitrogen and oxygen atoms in total. The fraction of sp³-hybridized carbons (Fsp3) is 0.300. The Bertz CT molecular complexity index is 1040. The second-order valence-corrected chi connectivity index (χ2v) is 8.40. The first-order chi connectivity index (χ1) is 13.1. The van der Waals surface area contributed by atoms with Crippen molar-refractivity contribution in [3.05, 3.63) is 50.5 Å². The summed E-state index contributed by atoms with van der Waals surface area (Å²) in [7, 11) is 0. The van der Waals surface area contributed by atoms with Crippen molar-refractivity contribution in [2.45, 2.75) is 32.6 Å². The van der Waals surface area contributed by atoms with E-state index in [4.69, 9.17) is 9.15 Å². The normalized spacial score (nSPS) is 13.4. The number of benzene rings is 1. The molecule has 7 heteroatoms. The monoisotopic (exact) mass is 447 g/mol. The third-order valence-electron chi connectivity index (χ3n) is 4.58. The maximum atomic E-state index is 12.8. The van der Waals surface area contributed by atoms with Gasteiger partial charge in [0.25, 0.3) is 5.91 Å². The van der Waals surface area contributed by atoms with E-state index >= 15 is 0 Å². The summed E-state index contributed by atoms with van der Waals surface area (Å²) in [5.74, 6) is -0.531. The van der Waals surface area contributed by atoms with Crippen LogP contribution in [0.5, 0.6) is 0 Å². The molecule has 0 fully saturated rings. The fourth-order valence-corrected chi connectivity index (χ4v) is 5.02. The topological polar surface area (TPSA) is 68.5 Å². The number of hydrogen-bond acceptors (Lipinski definition) is 5. The number of carbonyl (C=O) groups excluding carboxylic acids is 2. The van der Waals surface area contributed by atoms with Gasteiger partial charge in [0.05, 0.1) is 12.2 Å². The number of furan rings is 1. The van der Waals surface area contributed by atoms with E-state index in [1.807, 2.05) is 18.2 Å². The van der Waals surface area contributed by atoms with Gasteiger partial charge >= 0.3 is 5.97 Å². The lowest BCUT2D eigenvalue weighted by Crippen LogP contribution is -2.15. The highest BCUT2D eigenvalue weighted by molar-refractivity contribution is 9.10. The fourth-order valence-electron chi connectivity index (χ4n) is 3.36. The van der Waals surface area contributed by atoms with Gasteiger partial charge in [-0.15, -0.1) is 11.3 Å². The smallest absolute Gasteiger partial charge is 0.341 e. The van der Waals surface area contributed by atoms with Gasteiger partial charge in [-0.25, -0.2) is 4.79 Å². The van der Waals surface area contributed by atoms with E-state index in [-0.39, 0.29) is 17.6 Å². The average molecular weight is 448 g/mol. The van der Waals surface area contributed by atoms with Crippen LogP contribution in [0.4, 0.5) is 5.00 Å². The van der Waals surface area contributed by atoms with Crippen molar-refractivity contribution < 1.29 is 18.7 Å². The van der Waals surface area contributed by atoms with E-state index in [1.165, 1.54) is 11.3 Å². The molecule has 0 spiro atoms. The molecule has 1 N–H and O–H groups in total. The Morgan fingerprint density at radius 1 is 1.26 bits per heavy atom. The summed E-state index contributed by atoms with van der Waals surface area (Å²) in [5, 5.41) is 4.26. The number of rotatable bonds is 4. The molecule has 0 saturated heterocycles. The van der Waals surface area contributed by atoms with Crippen LogP contribution in [0.15, 0.2) is 33.2 Å². The number of thiophene rings is 1. The van der Waals surface area contributed by atoms with Crippen molar-refractivity contribution in [1.82, 2.24) is 0 Å². The Morgan fingerprint density at radius 3 is 2.89 bits per heavy atom. The Kier molecular flexibility index (Phi) is 5.06. The Morgan fingerprint density at radius 2 is 2.07 bits per heavy atom. The lowest BCUT2D eigenvalue weighted by Gasteiger charge is -2.12. The highest BCUT2D eigenvalue weighted by Crippen LogP contribution is 2.39. The van der Waals surface area contributed by atoms with E-state index in [1.54, 1.807) is 13.0 Å². The van der Waals surface area contributed by atoms with Crippen LogP contribution < -0.4 is 5.32 Å². The standard InChI is InChI=1S/C20H18BrNO4S/c1-2-25-20(24)17-13-5-3-4-6-16(13)27-19(17)22-18(23)15-10-11-9-12(21)7-8-14(11)26-15/h7-10H,2-6H2,1H3,(H,22,23). The maximum absolute atomic E-state index is 12.8. The van der Waals surface area contributed by atoms with Crippen molar-refractivity contribution in [3.63, 3.8) is 0 Å². The van der Waals surface area contributed by atoms with Crippen LogP contribution in [0.1, 0.15) is 51.1 Å². The zero-order valence-electron chi connectivity index (χ0n) is 14.8. The van der Waals surface area contributed by atoms with Crippen LogP contribution in [0.2, 0.25) is 0 Å². The molecule has 1 amide bonds. The van der Waals surface area contributed by atoms with E-state index in [0.29, 0.717) is 22.8 Å². The molecule has 140 valence electrons. The summed E-state index contributed by atoms with van der Waals surface area (Å²) >= 11 is 4.88. The molecule has 1 aromatic carbocycles. The molecule has 1 aliphatic rings. The molecule has 27 heavy (non-hydrogen) atoms. The summed E-state index contributed by atoms with van der Waals surface area (Å²) < 4.78 is 11.8. The Labute approximate surface area is 168 Å². The third kappa shape index (κ3) is 3.53. The second-order valence-electron chi connectivity index (χ2n) is 6.38. The molecule has 3 aromatic rings. The lowest BCUT2D eigenvalue weighted by atomic mass is 9.95. The van der Waals surface area contributed by atoms with E-state index in [9.17, 15) is 9.59 Å². The molecule has 4 rings (SSSR count). The van der Waals surface area contributed by atoms with Crippen LogP contribution >= 0.6 is 27.3 Å². The molecule has 0 radical (unpaired) electrons. The summed E-state index contributed by atoms with van der Waals surface area (Å²) in [4.78, 5) is 26.4. The van der Waals surface area contributed by atoms with Crippen molar-refractivity contribution in [1.29, 1.82) is 0 Å². The quantitative estimate of drug-likeness (QED) is 0.531. The summed E-state index contributed by atoms with van der Waals surface area (Å²) in [6.07, 6.45) is 3.92. The third-order valence-corrected chi connectivity index (χ3v) is 6.28. The molecule has 0 unspecified atom stereocenters. The van der Waals surface area contributed by atoms with E-state index in [2.05, 4.69) is 21.2 Å². The first-order valence-corrected chi connectivity index (χ1v) is 10.5. The highest BCUT2D eigenvalue weighted by atomic mass is 79.9. The van der Waals surface area contributed by atoms with Gasteiger partial charge in [-0.2, -0.15) is 0 Å². The number of aryl methyl sites for hydroxylation is 1. The predicted molar refractivity (Wildman–Crippen MR) is 109 cm³/mol. The van der Waals surface area contributed by atoms with E-state index < -0.39 is 0 Å². The average Bonchev–Trinajstić information content (AvgIpc) is 3.22. The minimum Gasteiger partial charge on any atom is -0.462 e. The molecular formula is C20H18BrNO4S. The molecule has 0 atom stereocenters. The SMILES string of the molecule is CCOC(=O)c1c(NC(=O)c2cc3cc(Br)ccc3o2)sc2c1CCCC2. The predicted octanol–water partition coefficient (Wildman–Crippen LogP) is 5.56. The molecule has 0 aliphatic heterocycles. The van der Waals surface area contributed by atoms with Crippen LogP contribution in [-0.2, 0) is 17.6 Å². The zero-order chi connectivity index (χ0) is 19.0. The number of hydrogen-bond donors (Lipinski definition) is 1. The van der Waals surface area contributed by atoms with Gasteiger partial charge in [-0.3, -0.25) is 4.79 Å². The van der Waals surface area contributed by atoms with Gasteiger partial charge in [0, 0.05) is 14.7 Å². The molecule has 0 saturated carbocycles. The number of ether oxygens (including phenoxy) is 1. The summed E-state index contributed by atoms with van der Waals surface area (Å²) in [5.41, 5.74) is 2.16. The molecule has 2 heterocycles. The van der Waals surface area contributed by atoms with Crippen LogP contribution in [0.3, 0.4) is 0 Å². The zero-order valence-corrected chi connectivity index (χ0v) is 17.2. The molecular weight excluding hydrogens is 430 g/mol. The van der Waals surface area contributed by atoms with Gasteiger partial charge in [0.15, 0.2) is 5.76 Å². The first-order valence-electron chi connectivity index (χ1n) is 8.89. The van der Waals surface area contributed by atoms with Crippen molar-refractivity contribution in [2.75, 3.05) is 11.9 Å². The van der Waals surface area contributed by atoms with Crippen molar-refractivity contribution in [3.8, 4) is 0 Å². The number of halogens is 1. The largest absolute Gasteiger partial charge is 0.462 e. The molecule has 2 aromatic heterocycles. The second kappa shape index (κ2) is 7.48.